The third-order valence-electron chi connectivity index (χ3n) is 6.55. The topological polar surface area (TPSA) is 132 Å². The maximum atomic E-state index is 15.7. The van der Waals surface area contributed by atoms with E-state index in [4.69, 9.17) is 10.5 Å². The van der Waals surface area contributed by atoms with Crippen molar-refractivity contribution in [3.05, 3.63) is 95.7 Å². The lowest BCUT2D eigenvalue weighted by Gasteiger charge is -2.13. The van der Waals surface area contributed by atoms with Crippen molar-refractivity contribution in [3.8, 4) is 40.2 Å². The van der Waals surface area contributed by atoms with Gasteiger partial charge in [-0.2, -0.15) is 5.26 Å². The van der Waals surface area contributed by atoms with Gasteiger partial charge in [0.2, 0.25) is 11.7 Å². The number of aromatic nitrogens is 4. The zero-order valence-corrected chi connectivity index (χ0v) is 22.4. The lowest BCUT2D eigenvalue weighted by molar-refractivity contribution is -0.116. The van der Waals surface area contributed by atoms with Crippen molar-refractivity contribution in [2.45, 2.75) is 13.5 Å². The Bertz CT molecular complexity index is 1920. The number of nitrogens with two attached hydrogens (primary N) is 1. The molecule has 0 aliphatic rings. The summed E-state index contributed by atoms with van der Waals surface area (Å²) in [6, 6.07) is 9.72. The van der Waals surface area contributed by atoms with Crippen LogP contribution < -0.4 is 15.8 Å². The number of carbonyl (C=O) groups is 1. The number of hydrogen-bond acceptors (Lipinski definition) is 7. The molecule has 12 heteroatoms. The molecule has 210 valence electrons. The van der Waals surface area contributed by atoms with Gasteiger partial charge in [-0.25, -0.2) is 28.1 Å². The van der Waals surface area contributed by atoms with E-state index < -0.39 is 29.1 Å². The van der Waals surface area contributed by atoms with Crippen molar-refractivity contribution in [3.63, 3.8) is 0 Å². The average Bonchev–Trinajstić information content (AvgIpc) is 3.27. The number of pyridine rings is 1. The lowest BCUT2D eigenvalue weighted by atomic mass is 9.96. The number of ether oxygens (including phenoxy) is 1. The Balaban J connectivity index is 1.72. The Labute approximate surface area is 237 Å². The van der Waals surface area contributed by atoms with Crippen LogP contribution in [0, 0.1) is 35.7 Å². The maximum Gasteiger partial charge on any atom is 0.322 e. The van der Waals surface area contributed by atoms with Crippen molar-refractivity contribution in [1.82, 2.24) is 24.8 Å². The molecule has 0 radical (unpaired) electrons. The number of aryl methyl sites for hydroxylation is 2. The Morgan fingerprint density at radius 2 is 1.90 bits per heavy atom. The predicted octanol–water partition coefficient (Wildman–Crippen LogP) is 5.47. The van der Waals surface area contributed by atoms with E-state index in [1.807, 2.05) is 6.07 Å². The van der Waals surface area contributed by atoms with Gasteiger partial charge in [-0.15, -0.1) is 0 Å². The molecule has 0 fully saturated rings. The van der Waals surface area contributed by atoms with E-state index in [1.165, 1.54) is 29.1 Å². The number of fused-ring (bicyclic) bond motifs is 1. The second-order valence-electron chi connectivity index (χ2n) is 9.26. The highest BCUT2D eigenvalue weighted by molar-refractivity contribution is 6.10. The summed E-state index contributed by atoms with van der Waals surface area (Å²) in [5.41, 5.74) is 8.04. The molecule has 0 atom stereocenters. The molecule has 0 bridgehead atoms. The molecule has 3 aromatic heterocycles. The number of nitrogens with one attached hydrogen (secondary N) is 1. The summed E-state index contributed by atoms with van der Waals surface area (Å²) in [5, 5.41) is 12.6. The van der Waals surface area contributed by atoms with E-state index in [2.05, 4.69) is 26.8 Å². The van der Waals surface area contributed by atoms with Gasteiger partial charge < -0.3 is 20.4 Å². The van der Waals surface area contributed by atoms with Crippen molar-refractivity contribution in [1.29, 1.82) is 5.26 Å². The number of amides is 1. The highest BCUT2D eigenvalue weighted by atomic mass is 19.1. The summed E-state index contributed by atoms with van der Waals surface area (Å²) in [4.78, 5) is 23.5. The Kier molecular flexibility index (Phi) is 7.33. The SMILES string of the molecule is C=CC(=O)NCc1ccc(-c2c(-c3cc(F)c(Oc4nccc(C)n4)c(F)c3)c3c(N)ncc(C#N)c3n2C)c(F)c1. The second-order valence-corrected chi connectivity index (χ2v) is 9.26. The van der Waals surface area contributed by atoms with Gasteiger partial charge in [0, 0.05) is 42.8 Å². The van der Waals surface area contributed by atoms with Gasteiger partial charge in [-0.3, -0.25) is 4.79 Å². The normalized spacial score (nSPS) is 10.9. The maximum absolute atomic E-state index is 15.7. The molecule has 42 heavy (non-hydrogen) atoms. The zero-order chi connectivity index (χ0) is 30.1. The van der Waals surface area contributed by atoms with E-state index in [9.17, 15) is 10.1 Å². The number of hydrogen-bond donors (Lipinski definition) is 2. The van der Waals surface area contributed by atoms with Crippen molar-refractivity contribution in [2.75, 3.05) is 5.73 Å². The molecule has 1 amide bonds. The van der Waals surface area contributed by atoms with Gasteiger partial charge in [-0.05, 0) is 54.5 Å². The first-order valence-electron chi connectivity index (χ1n) is 12.5. The first kappa shape index (κ1) is 27.9. The molecular weight excluding hydrogens is 547 g/mol. The number of benzene rings is 2. The highest BCUT2D eigenvalue weighted by Gasteiger charge is 2.27. The third kappa shape index (κ3) is 4.99. The van der Waals surface area contributed by atoms with Gasteiger partial charge >= 0.3 is 6.01 Å². The minimum Gasteiger partial charge on any atom is -0.418 e. The van der Waals surface area contributed by atoms with Crippen LogP contribution in [0.3, 0.4) is 0 Å². The second kappa shape index (κ2) is 11.1. The van der Waals surface area contributed by atoms with Crippen LogP contribution in [0.25, 0.3) is 33.3 Å². The van der Waals surface area contributed by atoms with Gasteiger partial charge in [0.05, 0.1) is 22.2 Å². The molecule has 3 N–H and O–H groups in total. The quantitative estimate of drug-likeness (QED) is 0.248. The minimum absolute atomic E-state index is 0.00609. The lowest BCUT2D eigenvalue weighted by Crippen LogP contribution is -2.20. The first-order valence-corrected chi connectivity index (χ1v) is 12.5. The fourth-order valence-corrected chi connectivity index (χ4v) is 4.68. The van der Waals surface area contributed by atoms with E-state index in [-0.39, 0.29) is 51.7 Å². The summed E-state index contributed by atoms with van der Waals surface area (Å²) in [7, 11) is 1.58. The molecule has 0 saturated heterocycles. The van der Waals surface area contributed by atoms with Gasteiger partial charge in [0.1, 0.15) is 17.7 Å². The molecule has 3 heterocycles. The largest absolute Gasteiger partial charge is 0.418 e. The molecule has 9 nitrogen and oxygen atoms in total. The molecule has 0 unspecified atom stereocenters. The van der Waals surface area contributed by atoms with Crippen LogP contribution in [0.5, 0.6) is 11.8 Å². The van der Waals surface area contributed by atoms with Crippen LogP contribution in [0.1, 0.15) is 16.8 Å². The number of nitrogen functional groups attached to an aromatic ring is 1. The minimum atomic E-state index is -1.07. The highest BCUT2D eigenvalue weighted by Crippen LogP contribution is 2.45. The van der Waals surface area contributed by atoms with E-state index in [1.54, 1.807) is 26.1 Å². The van der Waals surface area contributed by atoms with Gasteiger partial charge in [0.25, 0.3) is 0 Å². The molecule has 2 aromatic carbocycles. The smallest absolute Gasteiger partial charge is 0.322 e. The molecule has 5 rings (SSSR count). The standard InChI is InChI=1S/C30H22F3N7O2/c1-4-23(41)37-13-16-5-6-19(20(31)9-16)27-24(25-26(40(27)3)18(12-34)14-38-29(25)35)17-10-21(32)28(22(33)11-17)42-30-36-8-7-15(2)39-30/h4-11,14H,1,13H2,2-3H3,(H2,35,38)(H,37,41). The fourth-order valence-electron chi connectivity index (χ4n) is 4.68. The van der Waals surface area contributed by atoms with Crippen LogP contribution >= 0.6 is 0 Å². The van der Waals surface area contributed by atoms with Gasteiger partial charge in [0.15, 0.2) is 11.6 Å². The average molecular weight is 570 g/mol. The number of carbonyl (C=O) groups excluding carboxylic acids is 1. The summed E-state index contributed by atoms with van der Waals surface area (Å²) in [5.74, 6) is -4.01. The molecule has 0 saturated carbocycles. The summed E-state index contributed by atoms with van der Waals surface area (Å²) in [6.45, 7) is 5.10. The Hall–Kier alpha value is -5.70. The molecular formula is C30H22F3N7O2. The van der Waals surface area contributed by atoms with E-state index in [0.29, 0.717) is 16.8 Å². The number of nitriles is 1. The van der Waals surface area contributed by atoms with Crippen molar-refractivity contribution in [2.24, 2.45) is 7.05 Å². The molecule has 0 aliphatic carbocycles. The molecule has 0 aliphatic heterocycles. The van der Waals surface area contributed by atoms with Crippen LogP contribution in [-0.2, 0) is 18.4 Å². The molecule has 0 spiro atoms. The Morgan fingerprint density at radius 1 is 1.17 bits per heavy atom. The molecule has 5 aromatic rings. The number of halogens is 3. The Morgan fingerprint density at radius 3 is 2.55 bits per heavy atom. The van der Waals surface area contributed by atoms with Crippen LogP contribution in [0.15, 0.2) is 61.4 Å². The monoisotopic (exact) mass is 569 g/mol. The third-order valence-corrected chi connectivity index (χ3v) is 6.55. The summed E-state index contributed by atoms with van der Waals surface area (Å²) < 4.78 is 53.4. The summed E-state index contributed by atoms with van der Waals surface area (Å²) in [6.07, 6.45) is 3.76. The predicted molar refractivity (Wildman–Crippen MR) is 149 cm³/mol. The van der Waals surface area contributed by atoms with E-state index in [0.717, 1.165) is 18.2 Å². The van der Waals surface area contributed by atoms with Crippen LogP contribution in [0.2, 0.25) is 0 Å². The van der Waals surface area contributed by atoms with Crippen molar-refractivity contribution >= 4 is 22.6 Å². The van der Waals surface area contributed by atoms with Crippen LogP contribution in [-0.4, -0.2) is 25.4 Å². The number of nitrogens with zero attached hydrogens (tertiary/aromatic N) is 5. The van der Waals surface area contributed by atoms with Crippen molar-refractivity contribution < 1.29 is 22.7 Å². The number of rotatable bonds is 7. The van der Waals surface area contributed by atoms with Crippen LogP contribution in [0.4, 0.5) is 19.0 Å². The first-order chi connectivity index (χ1) is 20.1. The van der Waals surface area contributed by atoms with E-state index >= 15 is 13.2 Å². The summed E-state index contributed by atoms with van der Waals surface area (Å²) >= 11 is 0. The number of anilines is 1. The fraction of sp³-hybridized carbons (Fsp3) is 0.100. The van der Waals surface area contributed by atoms with Gasteiger partial charge in [-0.1, -0.05) is 12.6 Å². The zero-order valence-electron chi connectivity index (χ0n) is 22.4.